The summed E-state index contributed by atoms with van der Waals surface area (Å²) >= 11 is 0. The van der Waals surface area contributed by atoms with Crippen LogP contribution >= 0.6 is 0 Å². The fraction of sp³-hybridized carbons (Fsp3) is 0.500. The number of allylic oxidation sites excluding steroid dienone is 2. The molecular formula is C8H13N3O. The first-order valence-corrected chi connectivity index (χ1v) is 3.90. The molecule has 1 unspecified atom stereocenters. The predicted molar refractivity (Wildman–Crippen MR) is 47.7 cm³/mol. The van der Waals surface area contributed by atoms with Crippen molar-refractivity contribution in [3.8, 4) is 0 Å². The molecule has 0 aromatic carbocycles. The summed E-state index contributed by atoms with van der Waals surface area (Å²) in [6.07, 6.45) is 2.99. The third kappa shape index (κ3) is 2.08. The molecule has 3 N–H and O–H groups in total. The van der Waals surface area contributed by atoms with E-state index in [1.54, 1.807) is 0 Å². The smallest absolute Gasteiger partial charge is 0.332 e. The number of hydrazone groups is 1. The second-order valence-corrected chi connectivity index (χ2v) is 3.11. The predicted octanol–water partition coefficient (Wildman–Crippen LogP) is 0.997. The van der Waals surface area contributed by atoms with Crippen LogP contribution in [0.4, 0.5) is 4.79 Å². The number of nitrogens with zero attached hydrogens (tertiary/aromatic N) is 1. The monoisotopic (exact) mass is 167 g/mol. The van der Waals surface area contributed by atoms with E-state index in [9.17, 15) is 4.79 Å². The highest BCUT2D eigenvalue weighted by molar-refractivity contribution is 6.00. The molecule has 1 rings (SSSR count). The second-order valence-electron chi connectivity index (χ2n) is 3.11. The van der Waals surface area contributed by atoms with E-state index in [0.29, 0.717) is 5.92 Å². The molecule has 12 heavy (non-hydrogen) atoms. The van der Waals surface area contributed by atoms with Gasteiger partial charge in [-0.25, -0.2) is 10.2 Å². The highest BCUT2D eigenvalue weighted by Crippen LogP contribution is 2.21. The molecule has 0 aliphatic heterocycles. The molecular weight excluding hydrogens is 154 g/mol. The maximum Gasteiger partial charge on any atom is 0.332 e. The Bertz CT molecular complexity index is 255. The van der Waals surface area contributed by atoms with Crippen molar-refractivity contribution in [2.45, 2.75) is 20.3 Å². The van der Waals surface area contributed by atoms with Gasteiger partial charge in [0.15, 0.2) is 0 Å². The van der Waals surface area contributed by atoms with E-state index in [-0.39, 0.29) is 0 Å². The van der Waals surface area contributed by atoms with Crippen molar-refractivity contribution < 1.29 is 4.79 Å². The lowest BCUT2D eigenvalue weighted by Gasteiger charge is -2.01. The van der Waals surface area contributed by atoms with Gasteiger partial charge < -0.3 is 5.73 Å². The normalized spacial score (nSPS) is 25.7. The molecule has 1 aliphatic carbocycles. The third-order valence-electron chi connectivity index (χ3n) is 1.82. The second kappa shape index (κ2) is 3.38. The van der Waals surface area contributed by atoms with E-state index in [4.69, 9.17) is 5.73 Å². The molecule has 2 amide bonds. The Labute approximate surface area is 71.5 Å². The van der Waals surface area contributed by atoms with Crippen LogP contribution in [0.1, 0.15) is 20.3 Å². The molecule has 4 heteroatoms. The highest BCUT2D eigenvalue weighted by Gasteiger charge is 2.16. The average Bonchev–Trinajstić information content (AvgIpc) is 2.26. The van der Waals surface area contributed by atoms with Crippen molar-refractivity contribution in [1.29, 1.82) is 0 Å². The molecule has 0 radical (unpaired) electrons. The van der Waals surface area contributed by atoms with Gasteiger partial charge in [-0.1, -0.05) is 12.5 Å². The number of amides is 2. The third-order valence-corrected chi connectivity index (χ3v) is 1.82. The lowest BCUT2D eigenvalue weighted by atomic mass is 10.1. The summed E-state index contributed by atoms with van der Waals surface area (Å²) in [7, 11) is 0. The zero-order valence-corrected chi connectivity index (χ0v) is 7.29. The number of hydrogen-bond donors (Lipinski definition) is 2. The molecule has 0 bridgehead atoms. The molecule has 0 aromatic rings. The van der Waals surface area contributed by atoms with Crippen molar-refractivity contribution in [3.05, 3.63) is 11.6 Å². The van der Waals surface area contributed by atoms with Crippen LogP contribution < -0.4 is 11.2 Å². The minimum atomic E-state index is -0.618. The standard InChI is InChI=1S/C8H13N3O/c1-5-3-6(2)7(4-5)10-11-8(9)12/h4,6H,3H2,1-2H3,(H3,9,11,12). The van der Waals surface area contributed by atoms with Gasteiger partial charge in [0.25, 0.3) is 0 Å². The Morgan fingerprint density at radius 1 is 1.83 bits per heavy atom. The van der Waals surface area contributed by atoms with E-state index in [2.05, 4.69) is 17.5 Å². The lowest BCUT2D eigenvalue weighted by Crippen LogP contribution is -2.26. The van der Waals surface area contributed by atoms with E-state index in [1.165, 1.54) is 5.57 Å². The fourth-order valence-corrected chi connectivity index (χ4v) is 1.30. The number of carbonyl (C=O) groups is 1. The zero-order chi connectivity index (χ0) is 9.14. The summed E-state index contributed by atoms with van der Waals surface area (Å²) in [6, 6.07) is -0.618. The maximum absolute atomic E-state index is 10.3. The molecule has 1 atom stereocenters. The maximum atomic E-state index is 10.3. The van der Waals surface area contributed by atoms with Gasteiger partial charge in [-0.2, -0.15) is 5.10 Å². The first kappa shape index (κ1) is 8.77. The number of nitrogens with two attached hydrogens (primary N) is 1. The van der Waals surface area contributed by atoms with Crippen LogP contribution in [-0.4, -0.2) is 11.7 Å². The number of rotatable bonds is 1. The summed E-state index contributed by atoms with van der Waals surface area (Å²) in [4.78, 5) is 10.3. The fourth-order valence-electron chi connectivity index (χ4n) is 1.30. The lowest BCUT2D eigenvalue weighted by molar-refractivity contribution is 0.249. The summed E-state index contributed by atoms with van der Waals surface area (Å²) in [5.41, 5.74) is 9.27. The van der Waals surface area contributed by atoms with Crippen molar-refractivity contribution in [3.63, 3.8) is 0 Å². The van der Waals surface area contributed by atoms with Gasteiger partial charge in [0.2, 0.25) is 0 Å². The molecule has 1 aliphatic rings. The van der Waals surface area contributed by atoms with Crippen LogP contribution in [0.25, 0.3) is 0 Å². The molecule has 66 valence electrons. The van der Waals surface area contributed by atoms with Gasteiger partial charge in [-0.15, -0.1) is 0 Å². The molecule has 0 spiro atoms. The molecule has 0 fully saturated rings. The van der Waals surface area contributed by atoms with Crippen molar-refractivity contribution in [2.75, 3.05) is 0 Å². The Balaban J connectivity index is 2.62. The summed E-state index contributed by atoms with van der Waals surface area (Å²) in [5.74, 6) is 0.386. The van der Waals surface area contributed by atoms with Crippen LogP contribution in [0.3, 0.4) is 0 Å². The van der Waals surface area contributed by atoms with Gasteiger partial charge in [0, 0.05) is 5.92 Å². The Morgan fingerprint density at radius 3 is 2.92 bits per heavy atom. The number of urea groups is 1. The topological polar surface area (TPSA) is 67.5 Å². The van der Waals surface area contributed by atoms with Gasteiger partial charge in [-0.05, 0) is 19.4 Å². The number of hydrogen-bond acceptors (Lipinski definition) is 2. The van der Waals surface area contributed by atoms with Crippen LogP contribution in [0.5, 0.6) is 0 Å². The van der Waals surface area contributed by atoms with Gasteiger partial charge in [-0.3, -0.25) is 0 Å². The number of carbonyl (C=O) groups excluding carboxylic acids is 1. The van der Waals surface area contributed by atoms with Gasteiger partial charge in [0.1, 0.15) is 0 Å². The number of nitrogens with one attached hydrogen (secondary N) is 1. The Hall–Kier alpha value is -1.32. The molecule has 0 saturated carbocycles. The van der Waals surface area contributed by atoms with E-state index < -0.39 is 6.03 Å². The van der Waals surface area contributed by atoms with Crippen LogP contribution in [0, 0.1) is 5.92 Å². The van der Waals surface area contributed by atoms with Gasteiger partial charge in [0.05, 0.1) is 5.71 Å². The zero-order valence-electron chi connectivity index (χ0n) is 7.29. The van der Waals surface area contributed by atoms with E-state index in [0.717, 1.165) is 12.1 Å². The Kier molecular flexibility index (Phi) is 2.47. The largest absolute Gasteiger partial charge is 0.350 e. The SMILES string of the molecule is CC1=CC(=NNC(N)=O)C(C)C1. The summed E-state index contributed by atoms with van der Waals surface area (Å²) in [5, 5.41) is 3.87. The van der Waals surface area contributed by atoms with E-state index >= 15 is 0 Å². The van der Waals surface area contributed by atoms with Crippen molar-refractivity contribution >= 4 is 11.7 Å². The molecule has 4 nitrogen and oxygen atoms in total. The first-order chi connectivity index (χ1) is 5.59. The quantitative estimate of drug-likeness (QED) is 0.562. The Morgan fingerprint density at radius 2 is 2.50 bits per heavy atom. The summed E-state index contributed by atoms with van der Waals surface area (Å²) in [6.45, 7) is 4.11. The average molecular weight is 167 g/mol. The number of primary amides is 1. The van der Waals surface area contributed by atoms with Crippen LogP contribution in [0.15, 0.2) is 16.8 Å². The van der Waals surface area contributed by atoms with Crippen LogP contribution in [0.2, 0.25) is 0 Å². The van der Waals surface area contributed by atoms with Crippen LogP contribution in [-0.2, 0) is 0 Å². The van der Waals surface area contributed by atoms with E-state index in [1.807, 2.05) is 13.0 Å². The summed E-state index contributed by atoms with van der Waals surface area (Å²) < 4.78 is 0. The first-order valence-electron chi connectivity index (χ1n) is 3.90. The van der Waals surface area contributed by atoms with Crippen molar-refractivity contribution in [1.82, 2.24) is 5.43 Å². The minimum Gasteiger partial charge on any atom is -0.350 e. The van der Waals surface area contributed by atoms with Gasteiger partial charge >= 0.3 is 6.03 Å². The highest BCUT2D eigenvalue weighted by atomic mass is 16.2. The molecule has 0 heterocycles. The minimum absolute atomic E-state index is 0.386. The molecule has 0 saturated heterocycles. The van der Waals surface area contributed by atoms with Crippen molar-refractivity contribution in [2.24, 2.45) is 16.8 Å². The molecule has 0 aromatic heterocycles.